The molecule has 0 atom stereocenters. The number of aliphatic carboxylic acids is 1. The van der Waals surface area contributed by atoms with Gasteiger partial charge in [-0.25, -0.2) is 0 Å². The molecule has 0 radical (unpaired) electrons. The van der Waals surface area contributed by atoms with Crippen LogP contribution in [-0.2, 0) is 14.3 Å². The molecular formula is C54H100N2O4. The molecule has 0 saturated carbocycles. The summed E-state index contributed by atoms with van der Waals surface area (Å²) < 4.78 is 5.47. The summed E-state index contributed by atoms with van der Waals surface area (Å²) in [6.07, 6.45) is 61.4. The molecule has 0 aliphatic carbocycles. The van der Waals surface area contributed by atoms with E-state index in [0.717, 1.165) is 51.6 Å². The molecule has 1 N–H and O–H groups in total. The van der Waals surface area contributed by atoms with Gasteiger partial charge in [-0.1, -0.05) is 198 Å². The SMILES string of the molecule is CCCCCCCCCCCCCCCCOC(=O)CCCCCCCC=CCCCCCCCCN1CCN=C1CCCCCCCC=CCCCCCCCC(=O)O. The number of esters is 1. The summed E-state index contributed by atoms with van der Waals surface area (Å²) >= 11 is 0. The number of carboxylic acid groups (broad SMARTS) is 1. The van der Waals surface area contributed by atoms with Crippen molar-refractivity contribution in [2.45, 2.75) is 277 Å². The Labute approximate surface area is 373 Å². The third-order valence-electron chi connectivity index (χ3n) is 12.5. The second-order valence-electron chi connectivity index (χ2n) is 18.3. The van der Waals surface area contributed by atoms with Crippen molar-refractivity contribution in [2.75, 3.05) is 26.2 Å². The number of carbonyl (C=O) groups excluding carboxylic acids is 1. The Bertz CT molecular complexity index is 1020. The number of hydrogen-bond acceptors (Lipinski definition) is 5. The fourth-order valence-corrected chi connectivity index (χ4v) is 8.51. The number of ether oxygens (including phenoxy) is 1. The lowest BCUT2D eigenvalue weighted by molar-refractivity contribution is -0.144. The molecule has 0 aromatic carbocycles. The Hall–Kier alpha value is -2.11. The molecule has 0 bridgehead atoms. The monoisotopic (exact) mass is 841 g/mol. The van der Waals surface area contributed by atoms with Crippen LogP contribution in [0.4, 0.5) is 0 Å². The zero-order valence-electron chi connectivity index (χ0n) is 39.9. The van der Waals surface area contributed by atoms with Gasteiger partial charge in [-0.3, -0.25) is 14.6 Å². The van der Waals surface area contributed by atoms with Crippen molar-refractivity contribution >= 4 is 17.8 Å². The quantitative estimate of drug-likeness (QED) is 0.0375. The van der Waals surface area contributed by atoms with Gasteiger partial charge in [0.25, 0.3) is 0 Å². The van der Waals surface area contributed by atoms with Crippen LogP contribution in [0.1, 0.15) is 277 Å². The third-order valence-corrected chi connectivity index (χ3v) is 12.5. The standard InChI is InChI=1S/C54H100N2O4/c1-2-3-4-5-6-7-8-9-19-24-29-34-39-44-51-60-54(59)47-42-37-32-27-22-17-11-10-14-18-23-28-33-38-43-49-56-50-48-55-52(56)45-40-35-30-25-20-15-12-13-16-21-26-31-36-41-46-53(57)58/h10-13H,2-9,14-51H2,1H3,(H,57,58). The van der Waals surface area contributed by atoms with Gasteiger partial charge in [-0.15, -0.1) is 0 Å². The van der Waals surface area contributed by atoms with E-state index in [-0.39, 0.29) is 5.97 Å². The van der Waals surface area contributed by atoms with Crippen molar-refractivity contribution < 1.29 is 19.4 Å². The van der Waals surface area contributed by atoms with Crippen molar-refractivity contribution in [3.05, 3.63) is 24.3 Å². The second kappa shape index (κ2) is 46.4. The van der Waals surface area contributed by atoms with E-state index >= 15 is 0 Å². The van der Waals surface area contributed by atoms with Gasteiger partial charge < -0.3 is 14.7 Å². The fraction of sp³-hybridized carbons (Fsp3) is 0.870. The van der Waals surface area contributed by atoms with Gasteiger partial charge in [0, 0.05) is 32.4 Å². The maximum Gasteiger partial charge on any atom is 0.305 e. The molecule has 0 fully saturated rings. The molecule has 0 saturated heterocycles. The Morgan fingerprint density at radius 3 is 1.35 bits per heavy atom. The highest BCUT2D eigenvalue weighted by Gasteiger charge is 2.15. The van der Waals surface area contributed by atoms with Crippen LogP contribution in [0.3, 0.4) is 0 Å². The summed E-state index contributed by atoms with van der Waals surface area (Å²) in [5.74, 6) is 0.725. The second-order valence-corrected chi connectivity index (χ2v) is 18.3. The van der Waals surface area contributed by atoms with E-state index in [4.69, 9.17) is 14.8 Å². The number of aliphatic imine (C=N–C) groups is 1. The number of amidine groups is 1. The molecule has 0 aromatic heterocycles. The maximum absolute atomic E-state index is 12.0. The molecule has 1 heterocycles. The Morgan fingerprint density at radius 1 is 0.500 bits per heavy atom. The van der Waals surface area contributed by atoms with Gasteiger partial charge in [0.05, 0.1) is 19.0 Å². The van der Waals surface area contributed by atoms with Crippen LogP contribution in [0.5, 0.6) is 0 Å². The normalized spacial score (nSPS) is 13.0. The average Bonchev–Trinajstić information content (AvgIpc) is 3.69. The summed E-state index contributed by atoms with van der Waals surface area (Å²) in [5, 5.41) is 8.68. The summed E-state index contributed by atoms with van der Waals surface area (Å²) in [5.41, 5.74) is 0. The van der Waals surface area contributed by atoms with Crippen LogP contribution < -0.4 is 0 Å². The van der Waals surface area contributed by atoms with Crippen LogP contribution in [0.15, 0.2) is 29.3 Å². The fourth-order valence-electron chi connectivity index (χ4n) is 8.51. The molecule has 6 nitrogen and oxygen atoms in total. The molecular weight excluding hydrogens is 741 g/mol. The molecule has 60 heavy (non-hydrogen) atoms. The zero-order chi connectivity index (χ0) is 43.1. The molecule has 1 aliphatic heterocycles. The Morgan fingerprint density at radius 2 is 0.883 bits per heavy atom. The molecule has 350 valence electrons. The molecule has 1 rings (SSSR count). The Balaban J connectivity index is 1.78. The summed E-state index contributed by atoms with van der Waals surface area (Å²) in [7, 11) is 0. The van der Waals surface area contributed by atoms with E-state index in [0.29, 0.717) is 19.4 Å². The van der Waals surface area contributed by atoms with Crippen LogP contribution in [0.25, 0.3) is 0 Å². The van der Waals surface area contributed by atoms with Crippen LogP contribution in [0.2, 0.25) is 0 Å². The highest BCUT2D eigenvalue weighted by molar-refractivity contribution is 5.83. The first-order valence-electron chi connectivity index (χ1n) is 26.6. The molecule has 0 unspecified atom stereocenters. The summed E-state index contributed by atoms with van der Waals surface area (Å²) in [4.78, 5) is 30.0. The first-order valence-corrected chi connectivity index (χ1v) is 26.6. The maximum atomic E-state index is 12.0. The van der Waals surface area contributed by atoms with Crippen molar-refractivity contribution in [3.63, 3.8) is 0 Å². The Kier molecular flexibility index (Phi) is 43.2. The molecule has 0 amide bonds. The van der Waals surface area contributed by atoms with Crippen molar-refractivity contribution in [3.8, 4) is 0 Å². The van der Waals surface area contributed by atoms with Crippen molar-refractivity contribution in [2.24, 2.45) is 4.99 Å². The average molecular weight is 841 g/mol. The lowest BCUT2D eigenvalue weighted by Crippen LogP contribution is -2.28. The predicted octanol–water partition coefficient (Wildman–Crippen LogP) is 16.8. The lowest BCUT2D eigenvalue weighted by atomic mass is 10.0. The first kappa shape index (κ1) is 55.9. The minimum absolute atomic E-state index is 0.0101. The molecule has 1 aliphatic rings. The van der Waals surface area contributed by atoms with Gasteiger partial charge in [0.1, 0.15) is 0 Å². The number of rotatable bonds is 48. The zero-order valence-corrected chi connectivity index (χ0v) is 39.9. The summed E-state index contributed by atoms with van der Waals surface area (Å²) in [6, 6.07) is 0. The minimum Gasteiger partial charge on any atom is -0.481 e. The van der Waals surface area contributed by atoms with Crippen molar-refractivity contribution in [1.29, 1.82) is 0 Å². The number of carboxylic acids is 1. The van der Waals surface area contributed by atoms with Gasteiger partial charge in [0.15, 0.2) is 0 Å². The third kappa shape index (κ3) is 41.3. The largest absolute Gasteiger partial charge is 0.481 e. The molecule has 0 spiro atoms. The lowest BCUT2D eigenvalue weighted by Gasteiger charge is -2.20. The van der Waals surface area contributed by atoms with Crippen molar-refractivity contribution in [1.82, 2.24) is 4.90 Å². The number of nitrogens with zero attached hydrogens (tertiary/aromatic N) is 2. The first-order chi connectivity index (χ1) is 29.6. The van der Waals surface area contributed by atoms with Gasteiger partial charge in [0.2, 0.25) is 0 Å². The van der Waals surface area contributed by atoms with E-state index < -0.39 is 5.97 Å². The number of carbonyl (C=O) groups is 2. The van der Waals surface area contributed by atoms with Gasteiger partial charge >= 0.3 is 11.9 Å². The highest BCUT2D eigenvalue weighted by atomic mass is 16.5. The van der Waals surface area contributed by atoms with E-state index in [1.807, 2.05) is 0 Å². The topological polar surface area (TPSA) is 79.2 Å². The van der Waals surface area contributed by atoms with Gasteiger partial charge in [-0.05, 0) is 83.5 Å². The number of hydrogen-bond donors (Lipinski definition) is 1. The summed E-state index contributed by atoms with van der Waals surface area (Å²) in [6.45, 7) is 6.23. The van der Waals surface area contributed by atoms with Gasteiger partial charge in [-0.2, -0.15) is 0 Å². The number of unbranched alkanes of at least 4 members (excludes halogenated alkanes) is 34. The highest BCUT2D eigenvalue weighted by Crippen LogP contribution is 2.17. The van der Waals surface area contributed by atoms with E-state index in [1.54, 1.807) is 0 Å². The van der Waals surface area contributed by atoms with Crippen LogP contribution in [0, 0.1) is 0 Å². The van der Waals surface area contributed by atoms with Crippen LogP contribution >= 0.6 is 0 Å². The van der Waals surface area contributed by atoms with E-state index in [9.17, 15) is 9.59 Å². The van der Waals surface area contributed by atoms with Crippen LogP contribution in [-0.4, -0.2) is 54.0 Å². The van der Waals surface area contributed by atoms with E-state index in [2.05, 4.69) is 36.1 Å². The van der Waals surface area contributed by atoms with E-state index in [1.165, 1.54) is 231 Å². The molecule has 0 aromatic rings. The molecule has 6 heteroatoms. The minimum atomic E-state index is -0.668. The number of allylic oxidation sites excluding steroid dienone is 4. The smallest absolute Gasteiger partial charge is 0.305 e. The predicted molar refractivity (Wildman–Crippen MR) is 260 cm³/mol.